The van der Waals surface area contributed by atoms with Gasteiger partial charge in [-0.15, -0.1) is 0 Å². The van der Waals surface area contributed by atoms with Crippen molar-refractivity contribution in [3.63, 3.8) is 0 Å². The van der Waals surface area contributed by atoms with E-state index >= 15 is 0 Å². The van der Waals surface area contributed by atoms with Gasteiger partial charge in [0.1, 0.15) is 17.1 Å². The van der Waals surface area contributed by atoms with Crippen molar-refractivity contribution < 1.29 is 33.7 Å². The summed E-state index contributed by atoms with van der Waals surface area (Å²) in [5.41, 5.74) is 3.28. The molecule has 0 bridgehead atoms. The third-order valence-corrected chi connectivity index (χ3v) is 6.08. The number of nitrogens with zero attached hydrogens (tertiary/aromatic N) is 1. The first kappa shape index (κ1) is 23.9. The molecule has 0 aromatic heterocycles. The topological polar surface area (TPSA) is 96.3 Å². The van der Waals surface area contributed by atoms with Crippen molar-refractivity contribution in [3.8, 4) is 28.4 Å². The summed E-state index contributed by atoms with van der Waals surface area (Å²) in [6.07, 6.45) is 0. The number of carboxylic acids is 1. The van der Waals surface area contributed by atoms with Crippen LogP contribution in [0.4, 0.5) is 4.39 Å². The average Bonchev–Trinajstić information content (AvgIpc) is 3.38. The molecule has 4 aromatic carbocycles. The van der Waals surface area contributed by atoms with E-state index in [1.54, 1.807) is 41.3 Å². The van der Waals surface area contributed by atoms with Crippen LogP contribution < -0.4 is 9.47 Å². The zero-order chi connectivity index (χ0) is 25.9. The number of carboxylic acid groups (broad SMARTS) is 1. The fourth-order valence-corrected chi connectivity index (χ4v) is 4.13. The highest BCUT2D eigenvalue weighted by atomic mass is 19.1. The van der Waals surface area contributed by atoms with E-state index in [9.17, 15) is 24.2 Å². The van der Waals surface area contributed by atoms with Crippen molar-refractivity contribution in [2.75, 3.05) is 6.79 Å². The second kappa shape index (κ2) is 10.0. The highest BCUT2D eigenvalue weighted by molar-refractivity contribution is 5.95. The maximum Gasteiger partial charge on any atom is 0.339 e. The van der Waals surface area contributed by atoms with E-state index in [2.05, 4.69) is 0 Å². The molecule has 8 heteroatoms. The minimum Gasteiger partial charge on any atom is -0.507 e. The van der Waals surface area contributed by atoms with Gasteiger partial charge in [-0.2, -0.15) is 0 Å². The van der Waals surface area contributed by atoms with E-state index in [0.717, 1.165) is 16.7 Å². The third-order valence-electron chi connectivity index (χ3n) is 6.08. The summed E-state index contributed by atoms with van der Waals surface area (Å²) < 4.78 is 24.2. The lowest BCUT2D eigenvalue weighted by Crippen LogP contribution is -2.30. The van der Waals surface area contributed by atoms with Crippen LogP contribution in [0.25, 0.3) is 11.1 Å². The van der Waals surface area contributed by atoms with Crippen molar-refractivity contribution >= 4 is 11.9 Å². The zero-order valence-electron chi connectivity index (χ0n) is 19.6. The second-order valence-electron chi connectivity index (χ2n) is 8.59. The van der Waals surface area contributed by atoms with Gasteiger partial charge < -0.3 is 24.6 Å². The molecule has 4 aromatic rings. The first-order chi connectivity index (χ1) is 17.9. The van der Waals surface area contributed by atoms with Crippen LogP contribution in [-0.2, 0) is 13.1 Å². The lowest BCUT2D eigenvalue weighted by molar-refractivity contribution is 0.0691. The summed E-state index contributed by atoms with van der Waals surface area (Å²) in [6.45, 7) is 0.643. The number of phenols is 1. The molecule has 2 N–H and O–H groups in total. The van der Waals surface area contributed by atoms with Crippen LogP contribution in [0.15, 0.2) is 84.9 Å². The van der Waals surface area contributed by atoms with Crippen LogP contribution >= 0.6 is 0 Å². The molecule has 0 spiro atoms. The van der Waals surface area contributed by atoms with Crippen molar-refractivity contribution in [2.24, 2.45) is 0 Å². The molecule has 1 amide bonds. The van der Waals surface area contributed by atoms with Crippen LogP contribution in [0, 0.1) is 5.82 Å². The number of halogens is 1. The van der Waals surface area contributed by atoms with Gasteiger partial charge in [-0.05, 0) is 64.7 Å². The summed E-state index contributed by atoms with van der Waals surface area (Å²) >= 11 is 0. The number of aromatic hydroxyl groups is 1. The second-order valence-corrected chi connectivity index (χ2v) is 8.59. The molecule has 0 aliphatic carbocycles. The summed E-state index contributed by atoms with van der Waals surface area (Å²) in [5, 5.41) is 19.1. The molecule has 7 nitrogen and oxygen atoms in total. The van der Waals surface area contributed by atoms with E-state index in [0.29, 0.717) is 22.6 Å². The summed E-state index contributed by atoms with van der Waals surface area (Å²) in [6, 6.07) is 22.8. The monoisotopic (exact) mass is 499 g/mol. The van der Waals surface area contributed by atoms with E-state index in [4.69, 9.17) is 9.47 Å². The van der Waals surface area contributed by atoms with E-state index in [1.807, 2.05) is 24.3 Å². The number of fused-ring (bicyclic) bond motifs is 1. The smallest absolute Gasteiger partial charge is 0.339 e. The average molecular weight is 499 g/mol. The molecule has 1 heterocycles. The Bertz CT molecular complexity index is 1470. The minimum absolute atomic E-state index is 0.105. The Labute approximate surface area is 211 Å². The van der Waals surface area contributed by atoms with Crippen LogP contribution in [0.2, 0.25) is 0 Å². The molecular formula is C29H22FNO6. The number of aromatic carboxylic acids is 1. The summed E-state index contributed by atoms with van der Waals surface area (Å²) in [5.74, 6) is -1.01. The van der Waals surface area contributed by atoms with Crippen molar-refractivity contribution in [3.05, 3.63) is 113 Å². The van der Waals surface area contributed by atoms with Crippen LogP contribution in [-0.4, -0.2) is 33.8 Å². The first-order valence-electron chi connectivity index (χ1n) is 11.5. The minimum atomic E-state index is -1.21. The maximum atomic E-state index is 13.5. The van der Waals surface area contributed by atoms with Gasteiger partial charge in [0.25, 0.3) is 5.91 Å². The van der Waals surface area contributed by atoms with Gasteiger partial charge >= 0.3 is 5.97 Å². The number of rotatable bonds is 7. The Hall–Kier alpha value is -4.85. The highest BCUT2D eigenvalue weighted by Gasteiger charge is 2.21. The predicted molar refractivity (Wildman–Crippen MR) is 133 cm³/mol. The van der Waals surface area contributed by atoms with E-state index in [1.165, 1.54) is 24.3 Å². The van der Waals surface area contributed by atoms with E-state index in [-0.39, 0.29) is 42.9 Å². The number of carbonyl (C=O) groups is 2. The van der Waals surface area contributed by atoms with Crippen molar-refractivity contribution in [1.82, 2.24) is 4.90 Å². The molecule has 186 valence electrons. The number of benzene rings is 4. The number of amides is 1. The molecule has 0 saturated heterocycles. The lowest BCUT2D eigenvalue weighted by atomic mass is 10.0. The standard InChI is InChI=1S/C29H22FNO6/c30-23-9-3-19(4-10-23)16-31(28(33)22-8-12-26-27(14-22)37-17-36-26)15-18-1-5-20(6-2-18)21-7-11-25(32)24(13-21)29(34)35/h1-14,32H,15-17H2,(H,34,35). The quantitative estimate of drug-likeness (QED) is 0.350. The first-order valence-corrected chi connectivity index (χ1v) is 11.5. The molecular weight excluding hydrogens is 477 g/mol. The Balaban J connectivity index is 1.41. The number of hydrogen-bond acceptors (Lipinski definition) is 5. The third kappa shape index (κ3) is 5.23. The van der Waals surface area contributed by atoms with Gasteiger partial charge in [0.05, 0.1) is 0 Å². The molecule has 0 saturated carbocycles. The van der Waals surface area contributed by atoms with Crippen LogP contribution in [0.3, 0.4) is 0 Å². The molecule has 0 unspecified atom stereocenters. The van der Waals surface area contributed by atoms with Gasteiger partial charge in [-0.3, -0.25) is 4.79 Å². The van der Waals surface area contributed by atoms with Crippen molar-refractivity contribution in [1.29, 1.82) is 0 Å². The maximum absolute atomic E-state index is 13.5. The molecule has 1 aliphatic rings. The van der Waals surface area contributed by atoms with Gasteiger partial charge in [-0.1, -0.05) is 42.5 Å². The van der Waals surface area contributed by atoms with Crippen LogP contribution in [0.5, 0.6) is 17.2 Å². The largest absolute Gasteiger partial charge is 0.507 e. The van der Waals surface area contributed by atoms with Gasteiger partial charge in [0.2, 0.25) is 6.79 Å². The Morgan fingerprint density at radius 2 is 1.41 bits per heavy atom. The van der Waals surface area contributed by atoms with Gasteiger partial charge in [0.15, 0.2) is 11.5 Å². The van der Waals surface area contributed by atoms with Gasteiger partial charge in [-0.25, -0.2) is 9.18 Å². The molecule has 1 aliphatic heterocycles. The summed E-state index contributed by atoms with van der Waals surface area (Å²) in [4.78, 5) is 26.5. The predicted octanol–water partition coefficient (Wildman–Crippen LogP) is 5.47. The number of ether oxygens (including phenoxy) is 2. The molecule has 5 rings (SSSR count). The summed E-state index contributed by atoms with van der Waals surface area (Å²) in [7, 11) is 0. The molecule has 37 heavy (non-hydrogen) atoms. The van der Waals surface area contributed by atoms with Gasteiger partial charge in [0, 0.05) is 18.7 Å². The molecule has 0 radical (unpaired) electrons. The lowest BCUT2D eigenvalue weighted by Gasteiger charge is -2.23. The van der Waals surface area contributed by atoms with Crippen LogP contribution in [0.1, 0.15) is 31.8 Å². The molecule has 0 atom stereocenters. The fraction of sp³-hybridized carbons (Fsp3) is 0.103. The normalized spacial score (nSPS) is 11.8. The van der Waals surface area contributed by atoms with E-state index < -0.39 is 5.97 Å². The Morgan fingerprint density at radius 1 is 0.784 bits per heavy atom. The Kier molecular flexibility index (Phi) is 6.47. The zero-order valence-corrected chi connectivity index (χ0v) is 19.6. The molecule has 0 fully saturated rings. The highest BCUT2D eigenvalue weighted by Crippen LogP contribution is 2.33. The number of carbonyl (C=O) groups excluding carboxylic acids is 1. The van der Waals surface area contributed by atoms with Crippen molar-refractivity contribution in [2.45, 2.75) is 13.1 Å². The fourth-order valence-electron chi connectivity index (χ4n) is 4.13. The Morgan fingerprint density at radius 3 is 2.08 bits per heavy atom. The number of hydrogen-bond donors (Lipinski definition) is 2. The SMILES string of the molecule is O=C(O)c1cc(-c2ccc(CN(Cc3ccc(F)cc3)C(=O)c3ccc4c(c3)OCO4)cc2)ccc1O.